The van der Waals surface area contributed by atoms with Gasteiger partial charge in [0.1, 0.15) is 5.75 Å². The number of likely N-dealkylation sites (tertiary alicyclic amines) is 2. The molecule has 0 saturated carbocycles. The standard InChI is InChI=1S/C23H37N5O2/c1-4-22(29)28-15-12-19(17-28)26-23(24-5-2)25-16-21(27-13-6-7-14-27)18-8-10-20(30-3)11-9-18/h8-11,19,21H,4-7,12-17H2,1-3H3,(H2,24,25,26). The number of benzene rings is 1. The number of ether oxygens (including phenoxy) is 1. The van der Waals surface area contributed by atoms with Gasteiger partial charge < -0.3 is 20.3 Å². The fourth-order valence-corrected chi connectivity index (χ4v) is 4.33. The summed E-state index contributed by atoms with van der Waals surface area (Å²) in [6.07, 6.45) is 4.03. The van der Waals surface area contributed by atoms with Gasteiger partial charge in [-0.25, -0.2) is 0 Å². The number of hydrogen-bond donors (Lipinski definition) is 2. The number of carbonyl (C=O) groups is 1. The molecule has 2 saturated heterocycles. The molecule has 2 aliphatic rings. The van der Waals surface area contributed by atoms with Crippen molar-refractivity contribution in [2.24, 2.45) is 4.99 Å². The van der Waals surface area contributed by atoms with E-state index in [-0.39, 0.29) is 18.0 Å². The molecule has 0 radical (unpaired) electrons. The molecule has 2 heterocycles. The van der Waals surface area contributed by atoms with Crippen LogP contribution >= 0.6 is 0 Å². The van der Waals surface area contributed by atoms with E-state index in [4.69, 9.17) is 9.73 Å². The van der Waals surface area contributed by atoms with Crippen molar-refractivity contribution in [2.75, 3.05) is 46.4 Å². The second kappa shape index (κ2) is 11.2. The van der Waals surface area contributed by atoms with Gasteiger partial charge >= 0.3 is 0 Å². The number of aliphatic imine (C=N–C) groups is 1. The third-order valence-corrected chi connectivity index (χ3v) is 6.03. The molecular formula is C23H37N5O2. The van der Waals surface area contributed by atoms with E-state index in [0.29, 0.717) is 13.0 Å². The number of methoxy groups -OCH3 is 1. The van der Waals surface area contributed by atoms with Crippen LogP contribution < -0.4 is 15.4 Å². The highest BCUT2D eigenvalue weighted by Crippen LogP contribution is 2.27. The number of hydrogen-bond acceptors (Lipinski definition) is 4. The highest BCUT2D eigenvalue weighted by atomic mass is 16.5. The molecule has 3 rings (SSSR count). The Morgan fingerprint density at radius 2 is 1.93 bits per heavy atom. The Labute approximate surface area is 180 Å². The van der Waals surface area contributed by atoms with Crippen molar-refractivity contribution in [3.63, 3.8) is 0 Å². The maximum absolute atomic E-state index is 12.0. The van der Waals surface area contributed by atoms with Gasteiger partial charge in [-0.2, -0.15) is 0 Å². The zero-order valence-electron chi connectivity index (χ0n) is 18.7. The van der Waals surface area contributed by atoms with E-state index in [2.05, 4.69) is 34.6 Å². The van der Waals surface area contributed by atoms with Crippen molar-refractivity contribution in [1.82, 2.24) is 20.4 Å². The lowest BCUT2D eigenvalue weighted by Gasteiger charge is -2.27. The molecule has 0 bridgehead atoms. The third-order valence-electron chi connectivity index (χ3n) is 6.03. The van der Waals surface area contributed by atoms with Crippen LogP contribution in [0.1, 0.15) is 51.1 Å². The van der Waals surface area contributed by atoms with E-state index >= 15 is 0 Å². The van der Waals surface area contributed by atoms with Crippen LogP contribution in [0.3, 0.4) is 0 Å². The first kappa shape index (κ1) is 22.4. The van der Waals surface area contributed by atoms with Crippen LogP contribution in [0.5, 0.6) is 5.75 Å². The zero-order chi connectivity index (χ0) is 21.3. The molecule has 166 valence electrons. The first-order chi connectivity index (χ1) is 14.6. The van der Waals surface area contributed by atoms with Gasteiger partial charge in [0.05, 0.1) is 19.7 Å². The van der Waals surface area contributed by atoms with Crippen LogP contribution in [0.25, 0.3) is 0 Å². The summed E-state index contributed by atoms with van der Waals surface area (Å²) in [6.45, 7) is 9.34. The Morgan fingerprint density at radius 3 is 2.57 bits per heavy atom. The average Bonchev–Trinajstić information content (AvgIpc) is 3.46. The zero-order valence-corrected chi connectivity index (χ0v) is 18.7. The molecule has 7 heteroatoms. The van der Waals surface area contributed by atoms with Crippen LogP contribution in [0, 0.1) is 0 Å². The van der Waals surface area contributed by atoms with E-state index in [0.717, 1.165) is 50.9 Å². The van der Waals surface area contributed by atoms with Crippen LogP contribution in [0.15, 0.2) is 29.3 Å². The first-order valence-electron chi connectivity index (χ1n) is 11.3. The van der Waals surface area contributed by atoms with E-state index in [9.17, 15) is 4.79 Å². The average molecular weight is 416 g/mol. The number of rotatable bonds is 8. The number of guanidine groups is 1. The largest absolute Gasteiger partial charge is 0.497 e. The van der Waals surface area contributed by atoms with E-state index in [1.807, 2.05) is 24.0 Å². The summed E-state index contributed by atoms with van der Waals surface area (Å²) >= 11 is 0. The summed E-state index contributed by atoms with van der Waals surface area (Å²) in [6, 6.07) is 8.89. The van der Waals surface area contributed by atoms with Crippen molar-refractivity contribution in [1.29, 1.82) is 0 Å². The molecule has 1 aromatic rings. The van der Waals surface area contributed by atoms with Gasteiger partial charge in [0.25, 0.3) is 0 Å². The van der Waals surface area contributed by atoms with Gasteiger partial charge in [0, 0.05) is 32.1 Å². The van der Waals surface area contributed by atoms with Crippen LogP contribution in [-0.2, 0) is 4.79 Å². The molecule has 0 spiro atoms. The van der Waals surface area contributed by atoms with Gasteiger partial charge in [-0.15, -0.1) is 0 Å². The van der Waals surface area contributed by atoms with Gasteiger partial charge in [-0.3, -0.25) is 14.7 Å². The second-order valence-electron chi connectivity index (χ2n) is 8.07. The van der Waals surface area contributed by atoms with Crippen molar-refractivity contribution in [3.8, 4) is 5.75 Å². The molecule has 2 N–H and O–H groups in total. The normalized spacial score (nSPS) is 21.0. The van der Waals surface area contributed by atoms with E-state index in [1.54, 1.807) is 7.11 Å². The Balaban J connectivity index is 1.68. The minimum atomic E-state index is 0.231. The molecular weight excluding hydrogens is 378 g/mol. The van der Waals surface area contributed by atoms with Crippen molar-refractivity contribution < 1.29 is 9.53 Å². The monoisotopic (exact) mass is 415 g/mol. The Hall–Kier alpha value is -2.28. The summed E-state index contributed by atoms with van der Waals surface area (Å²) in [5.41, 5.74) is 1.28. The second-order valence-corrected chi connectivity index (χ2v) is 8.07. The predicted octanol–water partition coefficient (Wildman–Crippen LogP) is 2.40. The molecule has 7 nitrogen and oxygen atoms in total. The number of nitrogens with zero attached hydrogens (tertiary/aromatic N) is 3. The summed E-state index contributed by atoms with van der Waals surface area (Å²) in [5, 5.41) is 6.93. The molecule has 0 aromatic heterocycles. The summed E-state index contributed by atoms with van der Waals surface area (Å²) in [5.74, 6) is 1.95. The maximum atomic E-state index is 12.0. The summed E-state index contributed by atoms with van der Waals surface area (Å²) in [7, 11) is 1.70. The van der Waals surface area contributed by atoms with E-state index in [1.165, 1.54) is 18.4 Å². The van der Waals surface area contributed by atoms with Crippen LogP contribution in [-0.4, -0.2) is 74.1 Å². The van der Waals surface area contributed by atoms with Crippen LogP contribution in [0.4, 0.5) is 0 Å². The highest BCUT2D eigenvalue weighted by Gasteiger charge is 2.27. The van der Waals surface area contributed by atoms with Gasteiger partial charge in [0.2, 0.25) is 5.91 Å². The highest BCUT2D eigenvalue weighted by molar-refractivity contribution is 5.80. The topological polar surface area (TPSA) is 69.2 Å². The quantitative estimate of drug-likeness (QED) is 0.504. The molecule has 2 unspecified atom stereocenters. The smallest absolute Gasteiger partial charge is 0.222 e. The summed E-state index contributed by atoms with van der Waals surface area (Å²) in [4.78, 5) is 21.4. The lowest BCUT2D eigenvalue weighted by atomic mass is 10.1. The number of amides is 1. The Morgan fingerprint density at radius 1 is 1.20 bits per heavy atom. The number of nitrogens with one attached hydrogen (secondary N) is 2. The first-order valence-corrected chi connectivity index (χ1v) is 11.3. The predicted molar refractivity (Wildman–Crippen MR) is 121 cm³/mol. The third kappa shape index (κ3) is 5.88. The van der Waals surface area contributed by atoms with Gasteiger partial charge in [-0.05, 0) is 57.0 Å². The minimum absolute atomic E-state index is 0.231. The summed E-state index contributed by atoms with van der Waals surface area (Å²) < 4.78 is 5.32. The van der Waals surface area contributed by atoms with Crippen molar-refractivity contribution >= 4 is 11.9 Å². The fraction of sp³-hybridized carbons (Fsp3) is 0.652. The Bertz CT molecular complexity index is 700. The maximum Gasteiger partial charge on any atom is 0.222 e. The number of carbonyl (C=O) groups excluding carboxylic acids is 1. The van der Waals surface area contributed by atoms with Crippen molar-refractivity contribution in [2.45, 2.75) is 51.6 Å². The van der Waals surface area contributed by atoms with Crippen molar-refractivity contribution in [3.05, 3.63) is 29.8 Å². The molecule has 2 aliphatic heterocycles. The fourth-order valence-electron chi connectivity index (χ4n) is 4.33. The van der Waals surface area contributed by atoms with Gasteiger partial charge in [-0.1, -0.05) is 19.1 Å². The van der Waals surface area contributed by atoms with Gasteiger partial charge in [0.15, 0.2) is 5.96 Å². The molecule has 1 aromatic carbocycles. The Kier molecular flexibility index (Phi) is 8.37. The lowest BCUT2D eigenvalue weighted by Crippen LogP contribution is -2.45. The van der Waals surface area contributed by atoms with Crippen LogP contribution in [0.2, 0.25) is 0 Å². The lowest BCUT2D eigenvalue weighted by molar-refractivity contribution is -0.129. The molecule has 2 fully saturated rings. The SMILES string of the molecule is CCNC(=NCC(c1ccc(OC)cc1)N1CCCC1)NC1CCN(C(=O)CC)C1. The van der Waals surface area contributed by atoms with E-state index < -0.39 is 0 Å². The molecule has 2 atom stereocenters. The molecule has 1 amide bonds. The molecule has 30 heavy (non-hydrogen) atoms. The minimum Gasteiger partial charge on any atom is -0.497 e. The molecule has 0 aliphatic carbocycles.